The Balaban J connectivity index is 2.34. The quantitative estimate of drug-likeness (QED) is 0.840. The van der Waals surface area contributed by atoms with Crippen LogP contribution in [0.1, 0.15) is 19.3 Å². The molecule has 1 aliphatic rings. The Bertz CT molecular complexity index is 538. The second kappa shape index (κ2) is 4.78. The van der Waals surface area contributed by atoms with Gasteiger partial charge in [0.25, 0.3) is 0 Å². The fourth-order valence-corrected chi connectivity index (χ4v) is 3.40. The summed E-state index contributed by atoms with van der Waals surface area (Å²) in [5.74, 6) is 0.387. The third kappa shape index (κ3) is 2.18. The maximum absolute atomic E-state index is 12.4. The number of anilines is 1. The van der Waals surface area contributed by atoms with E-state index < -0.39 is 10.0 Å². The molecule has 0 aliphatic heterocycles. The zero-order valence-electron chi connectivity index (χ0n) is 10.6. The van der Waals surface area contributed by atoms with Crippen LogP contribution in [0.4, 0.5) is 5.69 Å². The van der Waals surface area contributed by atoms with Crippen LogP contribution in [0.2, 0.25) is 0 Å². The number of rotatable bonds is 4. The summed E-state index contributed by atoms with van der Waals surface area (Å²) in [5.41, 5.74) is 6.12. The van der Waals surface area contributed by atoms with Crippen LogP contribution in [0.3, 0.4) is 0 Å². The lowest BCUT2D eigenvalue weighted by atomic mass is 9.94. The molecule has 1 aromatic carbocycles. The molecule has 1 aliphatic carbocycles. The van der Waals surface area contributed by atoms with E-state index in [1.54, 1.807) is 13.1 Å². The molecule has 0 heterocycles. The molecule has 1 aromatic rings. The number of hydrogen-bond acceptors (Lipinski definition) is 4. The van der Waals surface area contributed by atoms with Crippen LogP contribution in [0.25, 0.3) is 0 Å². The summed E-state index contributed by atoms with van der Waals surface area (Å²) in [6.07, 6.45) is 2.96. The van der Waals surface area contributed by atoms with Crippen LogP contribution in [-0.4, -0.2) is 32.9 Å². The van der Waals surface area contributed by atoms with Gasteiger partial charge in [0, 0.05) is 19.2 Å². The Hall–Kier alpha value is -1.27. The maximum atomic E-state index is 12.4. The summed E-state index contributed by atoms with van der Waals surface area (Å²) >= 11 is 0. The first kappa shape index (κ1) is 13.2. The summed E-state index contributed by atoms with van der Waals surface area (Å²) < 4.78 is 31.3. The van der Waals surface area contributed by atoms with Crippen LogP contribution in [0.5, 0.6) is 5.75 Å². The third-order valence-corrected chi connectivity index (χ3v) is 5.38. The van der Waals surface area contributed by atoms with Crippen LogP contribution in [-0.2, 0) is 10.0 Å². The molecule has 18 heavy (non-hydrogen) atoms. The topological polar surface area (TPSA) is 72.6 Å². The van der Waals surface area contributed by atoms with Gasteiger partial charge in [-0.2, -0.15) is 4.31 Å². The molecular formula is C12H18N2O3S. The van der Waals surface area contributed by atoms with Crippen LogP contribution in [0, 0.1) is 0 Å². The van der Waals surface area contributed by atoms with Crippen molar-refractivity contribution >= 4 is 15.7 Å². The van der Waals surface area contributed by atoms with E-state index in [1.165, 1.54) is 23.5 Å². The van der Waals surface area contributed by atoms with E-state index in [9.17, 15) is 8.42 Å². The van der Waals surface area contributed by atoms with Crippen molar-refractivity contribution in [3.63, 3.8) is 0 Å². The van der Waals surface area contributed by atoms with Gasteiger partial charge in [0.15, 0.2) is 0 Å². The predicted molar refractivity (Wildman–Crippen MR) is 70.0 cm³/mol. The lowest BCUT2D eigenvalue weighted by molar-refractivity contribution is 0.249. The first-order chi connectivity index (χ1) is 8.46. The van der Waals surface area contributed by atoms with Crippen molar-refractivity contribution in [3.8, 4) is 5.75 Å². The van der Waals surface area contributed by atoms with E-state index in [-0.39, 0.29) is 10.9 Å². The standard InChI is InChI=1S/C12H18N2O3S/c1-14(9-4-3-5-9)18(15,16)10-6-7-11(13)12(8-10)17-2/h6-9H,3-5,13H2,1-2H3. The summed E-state index contributed by atoms with van der Waals surface area (Å²) in [5, 5.41) is 0. The second-order valence-electron chi connectivity index (χ2n) is 4.51. The van der Waals surface area contributed by atoms with Crippen molar-refractivity contribution in [3.05, 3.63) is 18.2 Å². The van der Waals surface area contributed by atoms with Crippen LogP contribution < -0.4 is 10.5 Å². The molecule has 6 heteroatoms. The van der Waals surface area contributed by atoms with E-state index in [2.05, 4.69) is 0 Å². The Morgan fingerprint density at radius 2 is 2.06 bits per heavy atom. The van der Waals surface area contributed by atoms with Gasteiger partial charge in [0.05, 0.1) is 17.7 Å². The Morgan fingerprint density at radius 1 is 1.39 bits per heavy atom. The number of nitrogens with zero attached hydrogens (tertiary/aromatic N) is 1. The molecule has 0 aromatic heterocycles. The summed E-state index contributed by atoms with van der Waals surface area (Å²) in [7, 11) is -0.354. The molecule has 2 N–H and O–H groups in total. The number of nitrogen functional groups attached to an aromatic ring is 1. The lowest BCUT2D eigenvalue weighted by Crippen LogP contribution is -2.41. The zero-order valence-corrected chi connectivity index (χ0v) is 11.4. The maximum Gasteiger partial charge on any atom is 0.243 e. The molecule has 0 spiro atoms. The SMILES string of the molecule is COc1cc(S(=O)(=O)N(C)C2CCC2)ccc1N. The number of ether oxygens (including phenoxy) is 1. The highest BCUT2D eigenvalue weighted by molar-refractivity contribution is 7.89. The van der Waals surface area contributed by atoms with Gasteiger partial charge in [-0.15, -0.1) is 0 Å². The first-order valence-electron chi connectivity index (χ1n) is 5.88. The number of hydrogen-bond donors (Lipinski definition) is 1. The number of methoxy groups -OCH3 is 1. The highest BCUT2D eigenvalue weighted by atomic mass is 32.2. The molecule has 5 nitrogen and oxygen atoms in total. The fourth-order valence-electron chi connectivity index (χ4n) is 1.96. The summed E-state index contributed by atoms with van der Waals surface area (Å²) in [4.78, 5) is 0.225. The van der Waals surface area contributed by atoms with Gasteiger partial charge in [-0.1, -0.05) is 6.42 Å². The van der Waals surface area contributed by atoms with Crippen LogP contribution in [0.15, 0.2) is 23.1 Å². The van der Waals surface area contributed by atoms with Gasteiger partial charge < -0.3 is 10.5 Å². The molecule has 100 valence electrons. The van der Waals surface area contributed by atoms with Crippen LogP contribution >= 0.6 is 0 Å². The van der Waals surface area contributed by atoms with Crippen molar-refractivity contribution in [2.45, 2.75) is 30.2 Å². The summed E-state index contributed by atoms with van der Waals surface area (Å²) in [6, 6.07) is 4.67. The predicted octanol–water partition coefficient (Wildman–Crippen LogP) is 1.45. The zero-order chi connectivity index (χ0) is 13.3. The molecule has 1 saturated carbocycles. The molecule has 0 saturated heterocycles. The number of sulfonamides is 1. The van der Waals surface area contributed by atoms with E-state index in [1.807, 2.05) is 0 Å². The number of benzene rings is 1. The van der Waals surface area contributed by atoms with Crippen molar-refractivity contribution < 1.29 is 13.2 Å². The van der Waals surface area contributed by atoms with Gasteiger partial charge >= 0.3 is 0 Å². The Kier molecular flexibility index (Phi) is 3.49. The molecule has 0 radical (unpaired) electrons. The minimum absolute atomic E-state index is 0.124. The highest BCUT2D eigenvalue weighted by Crippen LogP contribution is 2.31. The van der Waals surface area contributed by atoms with E-state index in [4.69, 9.17) is 10.5 Å². The molecule has 0 amide bonds. The van der Waals surface area contributed by atoms with Crippen molar-refractivity contribution in [1.82, 2.24) is 4.31 Å². The van der Waals surface area contributed by atoms with Gasteiger partial charge in [-0.3, -0.25) is 0 Å². The Morgan fingerprint density at radius 3 is 2.56 bits per heavy atom. The van der Waals surface area contributed by atoms with Crippen molar-refractivity contribution in [2.75, 3.05) is 19.9 Å². The molecular weight excluding hydrogens is 252 g/mol. The van der Waals surface area contributed by atoms with Crippen molar-refractivity contribution in [1.29, 1.82) is 0 Å². The summed E-state index contributed by atoms with van der Waals surface area (Å²) in [6.45, 7) is 0. The minimum atomic E-state index is -3.45. The number of nitrogens with two attached hydrogens (primary N) is 1. The molecule has 2 rings (SSSR count). The van der Waals surface area contributed by atoms with Crippen molar-refractivity contribution in [2.24, 2.45) is 0 Å². The molecule has 1 fully saturated rings. The van der Waals surface area contributed by atoms with Gasteiger partial charge in [0.1, 0.15) is 5.75 Å². The fraction of sp³-hybridized carbons (Fsp3) is 0.500. The average Bonchev–Trinajstić information content (AvgIpc) is 2.27. The second-order valence-corrected chi connectivity index (χ2v) is 6.51. The van der Waals surface area contributed by atoms with E-state index >= 15 is 0 Å². The minimum Gasteiger partial charge on any atom is -0.495 e. The average molecular weight is 270 g/mol. The molecule has 0 bridgehead atoms. The third-order valence-electron chi connectivity index (χ3n) is 3.47. The van der Waals surface area contributed by atoms with Gasteiger partial charge in [-0.05, 0) is 25.0 Å². The molecule has 0 unspecified atom stereocenters. The first-order valence-corrected chi connectivity index (χ1v) is 7.32. The van der Waals surface area contributed by atoms with Gasteiger partial charge in [0.2, 0.25) is 10.0 Å². The van der Waals surface area contributed by atoms with E-state index in [0.717, 1.165) is 19.3 Å². The highest BCUT2D eigenvalue weighted by Gasteiger charge is 2.32. The Labute approximate surface area is 108 Å². The largest absolute Gasteiger partial charge is 0.495 e. The normalized spacial score (nSPS) is 16.6. The van der Waals surface area contributed by atoms with E-state index in [0.29, 0.717) is 11.4 Å². The van der Waals surface area contributed by atoms with Gasteiger partial charge in [-0.25, -0.2) is 8.42 Å². The monoisotopic (exact) mass is 270 g/mol. The lowest BCUT2D eigenvalue weighted by Gasteiger charge is -2.33. The smallest absolute Gasteiger partial charge is 0.243 e. The molecule has 0 atom stereocenters.